The van der Waals surface area contributed by atoms with Crippen LogP contribution in [0.4, 0.5) is 0 Å². The Labute approximate surface area is 913 Å². The maximum Gasteiger partial charge on any atom is 0.333 e. The second-order valence-electron chi connectivity index (χ2n) is 41.0. The van der Waals surface area contributed by atoms with Crippen LogP contribution >= 0.6 is 0 Å². The molecule has 21 heteroatoms. The summed E-state index contributed by atoms with van der Waals surface area (Å²) in [7, 11) is 7.86. The minimum Gasteiger partial charge on any atom is -0.466 e. The molecule has 0 bridgehead atoms. The minimum atomic E-state index is -0.417. The van der Waals surface area contributed by atoms with E-state index in [1.807, 2.05) is 384 Å². The monoisotopic (exact) mass is 2090 g/mol. The van der Waals surface area contributed by atoms with Gasteiger partial charge >= 0.3 is 23.9 Å². The van der Waals surface area contributed by atoms with Gasteiger partial charge in [0.25, 0.3) is 17.7 Å². The lowest BCUT2D eigenvalue weighted by atomic mass is 9.87. The molecule has 21 nitrogen and oxygen atoms in total. The molecule has 0 fully saturated rings. The van der Waals surface area contributed by atoms with Gasteiger partial charge in [-0.3, -0.25) is 43.2 Å². The zero-order chi connectivity index (χ0) is 119. The van der Waals surface area contributed by atoms with Gasteiger partial charge in [-0.25, -0.2) is 19.2 Å². The molecule has 150 heavy (non-hydrogen) atoms. The van der Waals surface area contributed by atoms with Gasteiger partial charge in [0.15, 0.2) is 11.6 Å². The number of benzene rings is 5. The SMILES string of the molecule is C.C=C1C=CC(=O)N1C.C=C1C=CC(=O)N1C.C=C1C=CC(=O)N1C.CC.CC.CC.CC.CC.CC.CC(C)(C)C(=O)Cc1ccccc1.CC(C)(C)C(=O)Cc1ccccc1.CC(C)(C)C(=O)c1ccccc1.CC(C)(C)C(=O)c1ccccc1.CC(C)(C)Cc1ccccc1.CC(C)=C(C)C(=O)OCCCC(=O)C(C)(C)C.CC(C)=C(C)C(=O)OCCNC(=O)C(C)(C)C.COC(=O)C(C)=C(C)C.COC(=O)C(C)=C(C)C. The van der Waals surface area contributed by atoms with Crippen LogP contribution in [-0.2, 0) is 90.9 Å². The molecular weight excluding hydrogens is 1880 g/mol. The number of nitrogens with zero attached hydrogens (tertiary/aromatic N) is 3. The molecule has 0 radical (unpaired) electrons. The average Bonchev–Trinajstić information content (AvgIpc) is 1.16. The molecule has 5 aromatic carbocycles. The Morgan fingerprint density at radius 1 is 0.300 bits per heavy atom. The van der Waals surface area contributed by atoms with Gasteiger partial charge in [-0.1, -0.05) is 430 Å². The number of methoxy groups -OCH3 is 2. The molecule has 0 saturated heterocycles. The van der Waals surface area contributed by atoms with Gasteiger partial charge in [-0.2, -0.15) is 0 Å². The molecule has 1 N–H and O–H groups in total. The fraction of sp³-hybridized carbons (Fsp3) is 0.512. The van der Waals surface area contributed by atoms with Gasteiger partial charge in [-0.05, 0) is 136 Å². The Kier molecular flexibility index (Phi) is 93.3. The van der Waals surface area contributed by atoms with Gasteiger partial charge in [0.2, 0.25) is 5.91 Å². The molecule has 3 aliphatic rings. The van der Waals surface area contributed by atoms with Crippen molar-refractivity contribution in [2.24, 2.45) is 37.9 Å². The Morgan fingerprint density at radius 2 is 0.527 bits per heavy atom. The van der Waals surface area contributed by atoms with E-state index in [1.54, 1.807) is 67.1 Å². The number of nitrogens with one attached hydrogen (secondary N) is 1. The lowest BCUT2D eigenvalue weighted by Crippen LogP contribution is -2.37. The number of esters is 4. The van der Waals surface area contributed by atoms with Crippen molar-refractivity contribution in [2.75, 3.05) is 55.1 Å². The van der Waals surface area contributed by atoms with Crippen LogP contribution in [0.3, 0.4) is 0 Å². The maximum atomic E-state index is 11.7. The van der Waals surface area contributed by atoms with Crippen LogP contribution in [0.2, 0.25) is 0 Å². The van der Waals surface area contributed by atoms with E-state index in [1.165, 1.54) is 52.7 Å². The minimum absolute atomic E-state index is 0. The van der Waals surface area contributed by atoms with Crippen molar-refractivity contribution in [2.45, 2.75) is 351 Å². The van der Waals surface area contributed by atoms with Crippen LogP contribution < -0.4 is 5.32 Å². The van der Waals surface area contributed by atoms with E-state index in [0.29, 0.717) is 78.1 Å². The maximum absolute atomic E-state index is 11.7. The van der Waals surface area contributed by atoms with Crippen molar-refractivity contribution >= 4 is 76.4 Å². The summed E-state index contributed by atoms with van der Waals surface area (Å²) >= 11 is 0. The summed E-state index contributed by atoms with van der Waals surface area (Å²) in [4.78, 5) is 150. The molecular formula is C129H208N4O17. The molecule has 0 atom stereocenters. The van der Waals surface area contributed by atoms with Gasteiger partial charge in [0, 0.05) is 142 Å². The average molecular weight is 2090 g/mol. The Hall–Kier alpha value is -12.4. The quantitative estimate of drug-likeness (QED) is 0.0280. The highest BCUT2D eigenvalue weighted by Gasteiger charge is 2.27. The van der Waals surface area contributed by atoms with Crippen LogP contribution in [0.5, 0.6) is 0 Å². The second kappa shape index (κ2) is 87.3. The van der Waals surface area contributed by atoms with E-state index < -0.39 is 5.41 Å². The third-order valence-electron chi connectivity index (χ3n) is 20.2. The zero-order valence-electron chi connectivity index (χ0n) is 102. The normalized spacial score (nSPS) is 11.3. The number of ketones is 5. The standard InChI is InChI=1S/C14H24O3.C13H23NO3.2C12H16O.2C11H14O.C11H16.2C7H12O2.3C6H7NO.6C2H6.CH4/c1-10(2)11(3)13(16)17-9-7-8-12(15)14(4,5)6;1-9(2)10(3)11(15)17-8-7-14-12(16)13(4,5)6;2*1-12(2,3)11(13)9-10-7-5-4-6-8-10;2*1-11(2,3)10(12)9-7-5-4-6-8-9;1-11(2,3)9-10-7-5-4-6-8-10;2*1-5(2)6(3)7(8)9-4;3*1-5-3-4-6(8)7(5)2;6*1-2;/h7-9H2,1-6H3;7-8H2,1-6H3,(H,14,16);2*4-8H,9H2,1-3H3;2*4-8H,1-3H3;4-8H,9H2,1-3H3;2*1-4H3;3*3-4H,1H2,2H3;6*1-2H3;1H4. The van der Waals surface area contributed by atoms with Crippen LogP contribution in [-0.4, -0.2) is 146 Å². The lowest BCUT2D eigenvalue weighted by Gasteiger charge is -2.17. The van der Waals surface area contributed by atoms with Crippen molar-refractivity contribution in [3.05, 3.63) is 297 Å². The van der Waals surface area contributed by atoms with E-state index in [4.69, 9.17) is 9.47 Å². The summed E-state index contributed by atoms with van der Waals surface area (Å²) in [5, 5.41) is 2.71. The Bertz CT molecular complexity index is 4580. The van der Waals surface area contributed by atoms with E-state index in [9.17, 15) is 62.3 Å². The summed E-state index contributed by atoms with van der Waals surface area (Å²) in [6.45, 7) is 99.0. The fourth-order valence-corrected chi connectivity index (χ4v) is 9.63. The van der Waals surface area contributed by atoms with Crippen molar-refractivity contribution in [3.8, 4) is 0 Å². The lowest BCUT2D eigenvalue weighted by molar-refractivity contribution is -0.140. The molecule has 3 aliphatic heterocycles. The van der Waals surface area contributed by atoms with Crippen LogP contribution in [0, 0.1) is 37.9 Å². The highest BCUT2D eigenvalue weighted by atomic mass is 16.5. The van der Waals surface area contributed by atoms with Gasteiger partial charge in [0.1, 0.15) is 24.0 Å². The first-order valence-corrected chi connectivity index (χ1v) is 52.0. The molecule has 8 rings (SSSR count). The first kappa shape index (κ1) is 160. The number of carbonyl (C=O) groups is 13. The van der Waals surface area contributed by atoms with E-state index >= 15 is 0 Å². The number of ether oxygens (including phenoxy) is 4. The zero-order valence-corrected chi connectivity index (χ0v) is 102. The number of allylic oxidation sites excluding steroid dienone is 7. The predicted molar refractivity (Wildman–Crippen MR) is 636 cm³/mol. The number of likely N-dealkylation sites (N-methyl/N-ethyl adjacent to an activating group) is 3. The van der Waals surface area contributed by atoms with E-state index in [0.717, 1.165) is 68.1 Å². The topological polar surface area (TPSA) is 281 Å². The number of hydrogen-bond acceptors (Lipinski definition) is 17. The largest absolute Gasteiger partial charge is 0.466 e. The number of amides is 4. The van der Waals surface area contributed by atoms with E-state index in [2.05, 4.69) is 85.6 Å². The smallest absolute Gasteiger partial charge is 0.333 e. The highest BCUT2D eigenvalue weighted by molar-refractivity contribution is 6.01. The van der Waals surface area contributed by atoms with Crippen molar-refractivity contribution in [3.63, 3.8) is 0 Å². The number of carbonyl (C=O) groups excluding carboxylic acids is 13. The van der Waals surface area contributed by atoms with Crippen LogP contribution in [0.25, 0.3) is 0 Å². The highest BCUT2D eigenvalue weighted by Crippen LogP contribution is 2.25. The first-order valence-electron chi connectivity index (χ1n) is 52.0. The number of rotatable bonds is 18. The molecule has 0 spiro atoms. The Balaban J connectivity index is -0.000000155. The molecule has 3 heterocycles. The molecule has 0 aromatic heterocycles. The molecule has 4 amide bonds. The molecule has 5 aromatic rings. The number of Topliss-reactive ketones (excluding diaryl/α,β-unsaturated/α-hetero) is 5. The van der Waals surface area contributed by atoms with Crippen LogP contribution in [0.15, 0.2) is 270 Å². The summed E-state index contributed by atoms with van der Waals surface area (Å²) in [5.41, 5.74) is 12.7. The summed E-state index contributed by atoms with van der Waals surface area (Å²) in [5.74, 6) is 0.0665. The van der Waals surface area contributed by atoms with Gasteiger partial charge in [0.05, 0.1) is 27.4 Å². The molecule has 846 valence electrons. The second-order valence-corrected chi connectivity index (χ2v) is 41.0. The van der Waals surface area contributed by atoms with E-state index in [-0.39, 0.29) is 106 Å². The van der Waals surface area contributed by atoms with Crippen LogP contribution in [0.1, 0.15) is 369 Å². The first-order chi connectivity index (χ1) is 68.8. The third-order valence-corrected chi connectivity index (χ3v) is 20.2. The van der Waals surface area contributed by atoms with Crippen molar-refractivity contribution < 1.29 is 81.3 Å². The molecule has 0 aliphatic carbocycles. The predicted octanol–water partition coefficient (Wildman–Crippen LogP) is 31.5. The molecule has 0 saturated carbocycles. The summed E-state index contributed by atoms with van der Waals surface area (Å²) in [6, 6.07) is 49.2. The summed E-state index contributed by atoms with van der Waals surface area (Å²) < 4.78 is 19.0. The Morgan fingerprint density at radius 3 is 0.707 bits per heavy atom. The molecule has 0 unspecified atom stereocenters. The third kappa shape index (κ3) is 81.5. The van der Waals surface area contributed by atoms with Gasteiger partial charge in [-0.15, -0.1) is 0 Å². The van der Waals surface area contributed by atoms with Crippen molar-refractivity contribution in [1.29, 1.82) is 0 Å². The number of hydrogen-bond donors (Lipinski definition) is 1. The summed E-state index contributed by atoms with van der Waals surface area (Å²) in [6.07, 6.45) is 12.9. The fourth-order valence-electron chi connectivity index (χ4n) is 9.63. The van der Waals surface area contributed by atoms with Crippen molar-refractivity contribution in [1.82, 2.24) is 20.0 Å². The van der Waals surface area contributed by atoms with Gasteiger partial charge < -0.3 is 39.0 Å².